The van der Waals surface area contributed by atoms with Crippen molar-refractivity contribution in [2.45, 2.75) is 72.8 Å². The van der Waals surface area contributed by atoms with Gasteiger partial charge in [0.15, 0.2) is 0 Å². The van der Waals surface area contributed by atoms with Gasteiger partial charge in [-0.25, -0.2) is 0 Å². The lowest BCUT2D eigenvalue weighted by molar-refractivity contribution is -0.131. The summed E-state index contributed by atoms with van der Waals surface area (Å²) in [4.78, 5) is 12.7. The van der Waals surface area contributed by atoms with Crippen molar-refractivity contribution in [1.82, 2.24) is 5.32 Å². The molecule has 20 heavy (non-hydrogen) atoms. The molecule has 0 aromatic heterocycles. The van der Waals surface area contributed by atoms with Crippen molar-refractivity contribution >= 4 is 5.91 Å². The van der Waals surface area contributed by atoms with Crippen LogP contribution in [-0.2, 0) is 4.79 Å². The van der Waals surface area contributed by atoms with Crippen molar-refractivity contribution < 1.29 is 4.79 Å². The van der Waals surface area contributed by atoms with E-state index in [1.54, 1.807) is 0 Å². The Morgan fingerprint density at radius 1 is 1.35 bits per heavy atom. The van der Waals surface area contributed by atoms with Gasteiger partial charge in [0.05, 0.1) is 6.07 Å². The molecule has 3 nitrogen and oxygen atoms in total. The molecule has 2 rings (SSSR count). The van der Waals surface area contributed by atoms with Gasteiger partial charge in [0, 0.05) is 6.04 Å². The van der Waals surface area contributed by atoms with E-state index < -0.39 is 5.41 Å². The van der Waals surface area contributed by atoms with E-state index in [0.717, 1.165) is 0 Å². The van der Waals surface area contributed by atoms with Gasteiger partial charge in [-0.05, 0) is 48.9 Å². The number of nitrogens with zero attached hydrogens (tertiary/aromatic N) is 1. The van der Waals surface area contributed by atoms with Crippen molar-refractivity contribution in [2.75, 3.05) is 0 Å². The van der Waals surface area contributed by atoms with Gasteiger partial charge in [-0.1, -0.05) is 34.6 Å². The maximum absolute atomic E-state index is 12.7. The molecule has 0 radical (unpaired) electrons. The van der Waals surface area contributed by atoms with Crippen LogP contribution in [0.3, 0.4) is 0 Å². The molecule has 0 saturated heterocycles. The Labute approximate surface area is 123 Å². The van der Waals surface area contributed by atoms with Crippen LogP contribution in [0.4, 0.5) is 0 Å². The first-order valence-electron chi connectivity index (χ1n) is 7.98. The van der Waals surface area contributed by atoms with E-state index in [-0.39, 0.29) is 22.8 Å². The third-order valence-electron chi connectivity index (χ3n) is 6.40. The Kier molecular flexibility index (Phi) is 3.65. The average molecular weight is 276 g/mol. The van der Waals surface area contributed by atoms with Crippen LogP contribution in [0, 0.1) is 33.5 Å². The molecule has 2 aliphatic carbocycles. The molecule has 0 heterocycles. The summed E-state index contributed by atoms with van der Waals surface area (Å²) in [6.45, 7) is 10.7. The predicted octanol–water partition coefficient (Wildman–Crippen LogP) is 3.65. The second kappa shape index (κ2) is 4.76. The lowest BCUT2D eigenvalue weighted by Gasteiger charge is -2.44. The first kappa shape index (κ1) is 15.4. The van der Waals surface area contributed by atoms with Crippen LogP contribution >= 0.6 is 0 Å². The van der Waals surface area contributed by atoms with E-state index >= 15 is 0 Å². The van der Waals surface area contributed by atoms with Gasteiger partial charge in [-0.2, -0.15) is 5.26 Å². The fourth-order valence-corrected chi connectivity index (χ4v) is 4.71. The predicted molar refractivity (Wildman–Crippen MR) is 79.8 cm³/mol. The van der Waals surface area contributed by atoms with Gasteiger partial charge in [0.1, 0.15) is 5.41 Å². The third-order valence-corrected chi connectivity index (χ3v) is 6.40. The summed E-state index contributed by atoms with van der Waals surface area (Å²) in [5.74, 6) is 0.648. The summed E-state index contributed by atoms with van der Waals surface area (Å²) < 4.78 is 0. The third kappa shape index (κ3) is 1.96. The van der Waals surface area contributed by atoms with Gasteiger partial charge in [0.2, 0.25) is 5.91 Å². The molecular formula is C17H28N2O. The molecule has 112 valence electrons. The Bertz CT molecular complexity index is 440. The highest BCUT2D eigenvalue weighted by atomic mass is 16.2. The van der Waals surface area contributed by atoms with Gasteiger partial charge >= 0.3 is 0 Å². The summed E-state index contributed by atoms with van der Waals surface area (Å²) in [6.07, 6.45) is 4.85. The second-order valence-corrected chi connectivity index (χ2v) is 7.72. The van der Waals surface area contributed by atoms with Crippen LogP contribution in [0.2, 0.25) is 0 Å². The van der Waals surface area contributed by atoms with E-state index in [1.807, 2.05) is 13.8 Å². The van der Waals surface area contributed by atoms with E-state index in [4.69, 9.17) is 0 Å². The van der Waals surface area contributed by atoms with Crippen LogP contribution in [-0.4, -0.2) is 11.9 Å². The number of fused-ring (bicyclic) bond motifs is 2. The quantitative estimate of drug-likeness (QED) is 0.852. The number of amides is 1. The number of rotatable bonds is 4. The van der Waals surface area contributed by atoms with Crippen molar-refractivity contribution in [3.8, 4) is 6.07 Å². The first-order chi connectivity index (χ1) is 9.25. The average Bonchev–Trinajstić information content (AvgIpc) is 2.88. The highest BCUT2D eigenvalue weighted by Gasteiger charge is 2.60. The zero-order chi connectivity index (χ0) is 15.2. The molecule has 3 atom stereocenters. The lowest BCUT2D eigenvalue weighted by Crippen LogP contribution is -2.55. The molecule has 1 N–H and O–H groups in total. The summed E-state index contributed by atoms with van der Waals surface area (Å²) >= 11 is 0. The van der Waals surface area contributed by atoms with Crippen molar-refractivity contribution in [3.63, 3.8) is 0 Å². The van der Waals surface area contributed by atoms with E-state index in [2.05, 4.69) is 32.2 Å². The van der Waals surface area contributed by atoms with Gasteiger partial charge in [0.25, 0.3) is 0 Å². The fourth-order valence-electron chi connectivity index (χ4n) is 4.71. The van der Waals surface area contributed by atoms with E-state index in [9.17, 15) is 10.1 Å². The van der Waals surface area contributed by atoms with E-state index in [1.165, 1.54) is 19.3 Å². The van der Waals surface area contributed by atoms with Gasteiger partial charge in [-0.15, -0.1) is 0 Å². The second-order valence-electron chi connectivity index (χ2n) is 7.72. The molecule has 2 bridgehead atoms. The van der Waals surface area contributed by atoms with Crippen molar-refractivity contribution in [3.05, 3.63) is 0 Å². The van der Waals surface area contributed by atoms with Crippen molar-refractivity contribution in [2.24, 2.45) is 22.2 Å². The van der Waals surface area contributed by atoms with Crippen LogP contribution < -0.4 is 5.32 Å². The summed E-state index contributed by atoms with van der Waals surface area (Å²) in [5, 5.41) is 12.7. The number of carbonyl (C=O) groups is 1. The van der Waals surface area contributed by atoms with Crippen molar-refractivity contribution in [1.29, 1.82) is 5.26 Å². The minimum Gasteiger partial charge on any atom is -0.351 e. The molecule has 2 fully saturated rings. The molecule has 2 aliphatic rings. The number of nitriles is 1. The molecule has 3 unspecified atom stereocenters. The Hall–Kier alpha value is -1.04. The molecule has 3 heteroatoms. The zero-order valence-corrected chi connectivity index (χ0v) is 13.5. The standard InChI is InChI=1S/C17H28N2O/c1-6-17(7-2,11-18)14(20)19-13-15(3,4)12-8-9-16(13,5)10-12/h12-13H,6-10H2,1-5H3,(H,19,20). The summed E-state index contributed by atoms with van der Waals surface area (Å²) in [5.41, 5.74) is -0.494. The Balaban J connectivity index is 2.22. The van der Waals surface area contributed by atoms with E-state index in [0.29, 0.717) is 18.8 Å². The molecule has 1 amide bonds. The van der Waals surface area contributed by atoms with Crippen LogP contribution in [0.15, 0.2) is 0 Å². The minimum atomic E-state index is -0.853. The SMILES string of the molecule is CCC(C#N)(CC)C(=O)NC1C2(C)CCC(C2)C1(C)C. The Morgan fingerprint density at radius 2 is 1.95 bits per heavy atom. The molecule has 0 aromatic rings. The molecule has 0 spiro atoms. The normalized spacial score (nSPS) is 34.8. The highest BCUT2D eigenvalue weighted by Crippen LogP contribution is 2.62. The summed E-state index contributed by atoms with van der Waals surface area (Å²) in [7, 11) is 0. The Morgan fingerprint density at radius 3 is 2.35 bits per heavy atom. The molecule has 0 aliphatic heterocycles. The largest absolute Gasteiger partial charge is 0.351 e. The van der Waals surface area contributed by atoms with Gasteiger partial charge < -0.3 is 5.32 Å². The highest BCUT2D eigenvalue weighted by molar-refractivity contribution is 5.85. The number of hydrogen-bond donors (Lipinski definition) is 1. The maximum atomic E-state index is 12.7. The molecule has 0 aromatic carbocycles. The fraction of sp³-hybridized carbons (Fsp3) is 0.882. The zero-order valence-electron chi connectivity index (χ0n) is 13.5. The minimum absolute atomic E-state index is 0.0585. The summed E-state index contributed by atoms with van der Waals surface area (Å²) in [6, 6.07) is 2.46. The van der Waals surface area contributed by atoms with Crippen LogP contribution in [0.1, 0.15) is 66.7 Å². The van der Waals surface area contributed by atoms with Crippen LogP contribution in [0.25, 0.3) is 0 Å². The lowest BCUT2D eigenvalue weighted by atomic mass is 9.68. The number of carbonyl (C=O) groups excluding carboxylic acids is 1. The maximum Gasteiger partial charge on any atom is 0.240 e. The molecule has 2 saturated carbocycles. The molecular weight excluding hydrogens is 248 g/mol. The number of hydrogen-bond acceptors (Lipinski definition) is 2. The topological polar surface area (TPSA) is 52.9 Å². The van der Waals surface area contributed by atoms with Crippen LogP contribution in [0.5, 0.6) is 0 Å². The first-order valence-corrected chi connectivity index (χ1v) is 7.98. The number of nitrogens with one attached hydrogen (secondary N) is 1. The monoisotopic (exact) mass is 276 g/mol. The van der Waals surface area contributed by atoms with Gasteiger partial charge in [-0.3, -0.25) is 4.79 Å². The smallest absolute Gasteiger partial charge is 0.240 e.